The highest BCUT2D eigenvalue weighted by atomic mass is 79.9. The Balaban J connectivity index is 1.12. The molecule has 3 fully saturated rings. The summed E-state index contributed by atoms with van der Waals surface area (Å²) in [6, 6.07) is 6.18. The Kier molecular flexibility index (Phi) is 8.60. The number of carbonyl (C=O) groups excluding carboxylic acids is 1. The topological polar surface area (TPSA) is 127 Å². The third-order valence-corrected chi connectivity index (χ3v) is 7.55. The summed E-state index contributed by atoms with van der Waals surface area (Å²) in [6.45, 7) is 8.71. The van der Waals surface area contributed by atoms with E-state index in [1.807, 2.05) is 18.2 Å². The van der Waals surface area contributed by atoms with Crippen LogP contribution in [0, 0.1) is 0 Å². The summed E-state index contributed by atoms with van der Waals surface area (Å²) in [7, 11) is 0. The second kappa shape index (κ2) is 12.7. The van der Waals surface area contributed by atoms with E-state index in [0.717, 1.165) is 64.7 Å². The molecule has 0 bridgehead atoms. The van der Waals surface area contributed by atoms with Gasteiger partial charge >= 0.3 is 6.09 Å². The van der Waals surface area contributed by atoms with Crippen LogP contribution in [0.2, 0.25) is 0 Å². The van der Waals surface area contributed by atoms with Crippen LogP contribution in [0.4, 0.5) is 16.2 Å². The number of hydrogen-bond acceptors (Lipinski definition) is 11. The van der Waals surface area contributed by atoms with Crippen molar-refractivity contribution < 1.29 is 23.7 Å². The molecule has 13 nitrogen and oxygen atoms in total. The summed E-state index contributed by atoms with van der Waals surface area (Å²) in [5, 5.41) is 9.43. The molecule has 5 heterocycles. The number of aromatic nitrogens is 3. The molecule has 1 unspecified atom stereocenters. The second-order valence-electron chi connectivity index (χ2n) is 9.80. The number of hydrogen-bond donors (Lipinski definition) is 3. The number of amides is 1. The zero-order valence-corrected chi connectivity index (χ0v) is 23.6. The first-order valence-corrected chi connectivity index (χ1v) is 14.3. The monoisotopic (exact) mass is 616 g/mol. The average molecular weight is 618 g/mol. The average Bonchev–Trinajstić information content (AvgIpc) is 3.40. The number of nitrogens with zero attached hydrogens (tertiary/aromatic N) is 5. The number of halogens is 1. The van der Waals surface area contributed by atoms with Crippen molar-refractivity contribution in [3.63, 3.8) is 0 Å². The molecule has 14 heteroatoms. The molecular formula is C26H33BrN8O5. The smallest absolute Gasteiger partial charge is 0.418 e. The van der Waals surface area contributed by atoms with E-state index in [1.165, 1.54) is 0 Å². The van der Waals surface area contributed by atoms with E-state index >= 15 is 0 Å². The van der Waals surface area contributed by atoms with Gasteiger partial charge in [-0.25, -0.2) is 14.8 Å². The molecule has 2 aromatic heterocycles. The maximum atomic E-state index is 12.8. The molecule has 3 saturated heterocycles. The van der Waals surface area contributed by atoms with Crippen molar-refractivity contribution in [1.29, 1.82) is 0 Å². The van der Waals surface area contributed by atoms with Crippen molar-refractivity contribution in [1.82, 2.24) is 29.9 Å². The van der Waals surface area contributed by atoms with Crippen LogP contribution in [0.15, 0.2) is 41.4 Å². The van der Waals surface area contributed by atoms with Crippen LogP contribution < -0.4 is 30.3 Å². The Labute approximate surface area is 240 Å². The molecule has 0 spiro atoms. The second-order valence-corrected chi connectivity index (χ2v) is 10.6. The van der Waals surface area contributed by atoms with E-state index in [-0.39, 0.29) is 12.1 Å². The normalized spacial score (nSPS) is 20.3. The number of carbonyl (C=O) groups is 1. The van der Waals surface area contributed by atoms with Crippen LogP contribution in [0.5, 0.6) is 11.6 Å². The van der Waals surface area contributed by atoms with E-state index in [1.54, 1.807) is 23.0 Å². The first-order chi connectivity index (χ1) is 19.6. The van der Waals surface area contributed by atoms with Gasteiger partial charge in [0.15, 0.2) is 0 Å². The quantitative estimate of drug-likeness (QED) is 0.303. The zero-order valence-electron chi connectivity index (χ0n) is 22.1. The molecule has 1 amide bonds. The van der Waals surface area contributed by atoms with Crippen molar-refractivity contribution in [2.24, 2.45) is 0 Å². The van der Waals surface area contributed by atoms with Gasteiger partial charge in [0.25, 0.3) is 5.88 Å². The predicted octanol–water partition coefficient (Wildman–Crippen LogP) is 1.54. The summed E-state index contributed by atoms with van der Waals surface area (Å²) in [6.07, 6.45) is 4.39. The Bertz CT molecular complexity index is 1310. The molecule has 0 radical (unpaired) electrons. The number of rotatable bonds is 9. The summed E-state index contributed by atoms with van der Waals surface area (Å²) in [5.74, 6) is 0.774. The Morgan fingerprint density at radius 2 is 2.05 bits per heavy atom. The van der Waals surface area contributed by atoms with Crippen LogP contribution in [-0.2, 0) is 9.47 Å². The molecule has 6 rings (SSSR count). The van der Waals surface area contributed by atoms with Gasteiger partial charge in [0, 0.05) is 76.2 Å². The number of nitrogens with one attached hydrogen (secondary N) is 3. The molecule has 214 valence electrons. The molecule has 0 saturated carbocycles. The maximum absolute atomic E-state index is 12.8. The lowest BCUT2D eigenvalue weighted by molar-refractivity contribution is -0.0660. The Morgan fingerprint density at radius 1 is 1.18 bits per heavy atom. The number of piperazine rings is 2. The van der Waals surface area contributed by atoms with Crippen LogP contribution in [0.25, 0.3) is 5.65 Å². The lowest BCUT2D eigenvalue weighted by Crippen LogP contribution is -2.56. The number of benzene rings is 1. The fourth-order valence-electron chi connectivity index (χ4n) is 4.99. The molecule has 3 aliphatic rings. The number of imidazole rings is 1. The minimum atomic E-state index is -0.676. The molecular weight excluding hydrogens is 584 g/mol. The first-order valence-electron chi connectivity index (χ1n) is 13.5. The minimum absolute atomic E-state index is 0.0312. The molecule has 3 N–H and O–H groups in total. The molecule has 40 heavy (non-hydrogen) atoms. The van der Waals surface area contributed by atoms with E-state index in [9.17, 15) is 4.79 Å². The van der Waals surface area contributed by atoms with Crippen molar-refractivity contribution in [3.05, 3.63) is 41.4 Å². The van der Waals surface area contributed by atoms with Crippen molar-refractivity contribution in [2.45, 2.75) is 12.3 Å². The molecule has 1 aromatic carbocycles. The Hall–Kier alpha value is -3.01. The van der Waals surface area contributed by atoms with Gasteiger partial charge in [0.1, 0.15) is 23.2 Å². The fraction of sp³-hybridized carbons (Fsp3) is 0.500. The van der Waals surface area contributed by atoms with Crippen molar-refractivity contribution in [3.8, 4) is 11.6 Å². The number of fused-ring (bicyclic) bond motifs is 1. The van der Waals surface area contributed by atoms with Crippen molar-refractivity contribution >= 4 is 39.0 Å². The molecule has 1 atom stereocenters. The van der Waals surface area contributed by atoms with Crippen LogP contribution in [-0.4, -0.2) is 110 Å². The highest BCUT2D eigenvalue weighted by Gasteiger charge is 2.29. The Morgan fingerprint density at radius 3 is 2.83 bits per heavy atom. The van der Waals surface area contributed by atoms with Gasteiger partial charge in [-0.3, -0.25) is 19.9 Å². The number of anilines is 2. The van der Waals surface area contributed by atoms with Crippen molar-refractivity contribution in [2.75, 3.05) is 82.5 Å². The van der Waals surface area contributed by atoms with E-state index in [4.69, 9.17) is 18.9 Å². The van der Waals surface area contributed by atoms with E-state index in [2.05, 4.69) is 51.6 Å². The minimum Gasteiger partial charge on any atom is -0.489 e. The van der Waals surface area contributed by atoms with Gasteiger partial charge in [-0.15, -0.1) is 0 Å². The highest BCUT2D eigenvalue weighted by Crippen LogP contribution is 2.33. The van der Waals surface area contributed by atoms with Crippen LogP contribution in [0.3, 0.4) is 0 Å². The van der Waals surface area contributed by atoms with Gasteiger partial charge in [-0.05, 0) is 28.1 Å². The summed E-state index contributed by atoms with van der Waals surface area (Å²) in [4.78, 5) is 26.1. The van der Waals surface area contributed by atoms with Gasteiger partial charge in [0.05, 0.1) is 31.5 Å². The predicted molar refractivity (Wildman–Crippen MR) is 151 cm³/mol. The lowest BCUT2D eigenvalue weighted by Gasteiger charge is -2.43. The zero-order chi connectivity index (χ0) is 27.3. The summed E-state index contributed by atoms with van der Waals surface area (Å²) >= 11 is 3.33. The SMILES string of the molecule is O=C(Nc1ccc(N2CCN(C3COC3)CC2)c(OCCOC2CNCCN2)c1)Oc1nc(Br)cn2ccnc12. The highest BCUT2D eigenvalue weighted by molar-refractivity contribution is 9.10. The van der Waals surface area contributed by atoms with E-state index < -0.39 is 6.09 Å². The van der Waals surface area contributed by atoms with Crippen LogP contribution in [0.1, 0.15) is 0 Å². The fourth-order valence-corrected chi connectivity index (χ4v) is 5.37. The summed E-state index contributed by atoms with van der Waals surface area (Å²) < 4.78 is 25.2. The number of ether oxygens (including phenoxy) is 4. The van der Waals surface area contributed by atoms with E-state index in [0.29, 0.717) is 40.9 Å². The molecule has 3 aromatic rings. The van der Waals surface area contributed by atoms with Gasteiger partial charge in [-0.2, -0.15) is 0 Å². The van der Waals surface area contributed by atoms with Gasteiger partial charge in [0.2, 0.25) is 5.65 Å². The van der Waals surface area contributed by atoms with Gasteiger partial charge in [-0.1, -0.05) is 0 Å². The standard InChI is InChI=1S/C26H33BrN8O5/c27-22-15-35-6-5-30-24(35)25(32-22)40-26(36)31-18-1-2-20(34-9-7-33(8-10-34)19-16-37-17-19)21(13-18)38-11-12-39-23-14-28-3-4-29-23/h1-2,5-6,13,15,19,23,28-29H,3-4,7-12,14,16-17H2,(H,31,36). The molecule has 3 aliphatic heterocycles. The lowest BCUT2D eigenvalue weighted by atomic mass is 10.1. The third kappa shape index (κ3) is 6.48. The maximum Gasteiger partial charge on any atom is 0.418 e. The largest absolute Gasteiger partial charge is 0.489 e. The first kappa shape index (κ1) is 27.2. The van der Waals surface area contributed by atoms with Gasteiger partial charge < -0.3 is 29.2 Å². The third-order valence-electron chi connectivity index (χ3n) is 7.16. The molecule has 0 aliphatic carbocycles. The van der Waals surface area contributed by atoms with Crippen LogP contribution >= 0.6 is 15.9 Å². The summed E-state index contributed by atoms with van der Waals surface area (Å²) in [5.41, 5.74) is 1.96.